The molecular weight excluding hydrogens is 208 g/mol. The minimum absolute atomic E-state index is 0.447. The molecule has 0 atom stereocenters. The minimum atomic E-state index is -0.506. The van der Waals surface area contributed by atoms with Crippen molar-refractivity contribution in [2.45, 2.75) is 18.8 Å². The Labute approximate surface area is 92.9 Å². The molecule has 0 spiro atoms. The van der Waals surface area contributed by atoms with Gasteiger partial charge in [-0.1, -0.05) is 0 Å². The summed E-state index contributed by atoms with van der Waals surface area (Å²) in [7, 11) is 1.52. The molecule has 1 aromatic heterocycles. The Morgan fingerprint density at radius 3 is 2.88 bits per heavy atom. The number of rotatable bonds is 4. The normalized spacial score (nSPS) is 15.3. The molecule has 0 saturated heterocycles. The van der Waals surface area contributed by atoms with Crippen molar-refractivity contribution in [3.63, 3.8) is 0 Å². The van der Waals surface area contributed by atoms with Crippen LogP contribution in [-0.4, -0.2) is 17.0 Å². The first-order valence-electron chi connectivity index (χ1n) is 5.07. The number of aromatic nitrogens is 1. The summed E-state index contributed by atoms with van der Waals surface area (Å²) in [5, 5.41) is 10.2. The number of nitrogens with zero attached hydrogens (tertiary/aromatic N) is 2. The van der Waals surface area contributed by atoms with Crippen LogP contribution < -0.4 is 4.74 Å². The van der Waals surface area contributed by atoms with Crippen molar-refractivity contribution in [1.29, 1.82) is 0 Å². The van der Waals surface area contributed by atoms with Gasteiger partial charge in [0, 0.05) is 23.3 Å². The molecule has 0 aromatic carbocycles. The third kappa shape index (κ3) is 2.36. The zero-order valence-electron chi connectivity index (χ0n) is 8.92. The van der Waals surface area contributed by atoms with Crippen LogP contribution in [0.15, 0.2) is 18.3 Å². The molecule has 0 N–H and O–H groups in total. The van der Waals surface area contributed by atoms with Crippen molar-refractivity contribution in [3.05, 3.63) is 39.7 Å². The lowest BCUT2D eigenvalue weighted by molar-refractivity contribution is -0.400. The van der Waals surface area contributed by atoms with Crippen molar-refractivity contribution < 1.29 is 9.66 Å². The molecule has 84 valence electrons. The van der Waals surface area contributed by atoms with Crippen LogP contribution in [-0.2, 0) is 0 Å². The fraction of sp³-hybridized carbons (Fsp3) is 0.364. The fourth-order valence-corrected chi connectivity index (χ4v) is 1.50. The first-order valence-corrected chi connectivity index (χ1v) is 5.07. The van der Waals surface area contributed by atoms with Gasteiger partial charge in [0.2, 0.25) is 12.1 Å². The van der Waals surface area contributed by atoms with Crippen LogP contribution in [0.2, 0.25) is 0 Å². The van der Waals surface area contributed by atoms with Crippen molar-refractivity contribution in [3.8, 4) is 5.88 Å². The molecule has 1 fully saturated rings. The summed E-state index contributed by atoms with van der Waals surface area (Å²) in [6, 6.07) is 3.71. The van der Waals surface area contributed by atoms with Gasteiger partial charge in [-0.3, -0.25) is 10.1 Å². The summed E-state index contributed by atoms with van der Waals surface area (Å²) in [5.74, 6) is 0.991. The van der Waals surface area contributed by atoms with Crippen LogP contribution in [0, 0.1) is 10.1 Å². The van der Waals surface area contributed by atoms with E-state index in [2.05, 4.69) is 4.98 Å². The monoisotopic (exact) mass is 220 g/mol. The molecule has 1 aliphatic carbocycles. The Bertz CT molecular complexity index is 439. The molecule has 16 heavy (non-hydrogen) atoms. The van der Waals surface area contributed by atoms with Gasteiger partial charge in [-0.2, -0.15) is 0 Å². The van der Waals surface area contributed by atoms with E-state index in [-0.39, 0.29) is 0 Å². The molecule has 1 aliphatic rings. The predicted octanol–water partition coefficient (Wildman–Crippen LogP) is 2.21. The van der Waals surface area contributed by atoms with E-state index in [4.69, 9.17) is 4.74 Å². The quantitative estimate of drug-likeness (QED) is 0.576. The van der Waals surface area contributed by atoms with E-state index >= 15 is 0 Å². The molecule has 0 amide bonds. The highest BCUT2D eigenvalue weighted by atomic mass is 16.6. The lowest BCUT2D eigenvalue weighted by Gasteiger charge is -2.05. The lowest BCUT2D eigenvalue weighted by atomic mass is 10.2. The number of nitro groups is 1. The first-order chi connectivity index (χ1) is 7.70. The zero-order valence-corrected chi connectivity index (χ0v) is 8.92. The maximum atomic E-state index is 10.2. The van der Waals surface area contributed by atoms with Crippen LogP contribution >= 0.6 is 0 Å². The predicted molar refractivity (Wildman–Crippen MR) is 58.8 cm³/mol. The summed E-state index contributed by atoms with van der Waals surface area (Å²) in [6.45, 7) is 0. The number of methoxy groups -OCH3 is 1. The summed E-state index contributed by atoms with van der Waals surface area (Å²) < 4.78 is 5.11. The fourth-order valence-electron chi connectivity index (χ4n) is 1.50. The number of ether oxygens (including phenoxy) is 1. The molecular formula is C11H12N2O3. The van der Waals surface area contributed by atoms with Gasteiger partial charge in [-0.15, -0.1) is 0 Å². The molecule has 5 heteroatoms. The van der Waals surface area contributed by atoms with E-state index in [9.17, 15) is 10.1 Å². The molecule has 5 nitrogen and oxygen atoms in total. The van der Waals surface area contributed by atoms with Crippen molar-refractivity contribution >= 4 is 6.08 Å². The van der Waals surface area contributed by atoms with Gasteiger partial charge in [0.25, 0.3) is 0 Å². The molecule has 0 radical (unpaired) electrons. The number of pyridine rings is 1. The highest BCUT2D eigenvalue weighted by Crippen LogP contribution is 2.39. The summed E-state index contributed by atoms with van der Waals surface area (Å²) in [6.07, 6.45) is 4.61. The maximum Gasteiger partial charge on any atom is 0.235 e. The second kappa shape index (κ2) is 4.30. The third-order valence-corrected chi connectivity index (χ3v) is 2.48. The average Bonchev–Trinajstić information content (AvgIpc) is 3.09. The SMILES string of the molecule is COc1nc(C2CC2)ccc1C=C[N+](=O)[O-]. The zero-order chi connectivity index (χ0) is 11.5. The standard InChI is InChI=1S/C11H12N2O3/c1-16-11-9(6-7-13(14)15)4-5-10(12-11)8-2-3-8/h4-8H,2-3H2,1H3. The second-order valence-electron chi connectivity index (χ2n) is 3.71. The largest absolute Gasteiger partial charge is 0.481 e. The molecule has 1 aromatic rings. The van der Waals surface area contributed by atoms with E-state index < -0.39 is 4.92 Å². The lowest BCUT2D eigenvalue weighted by Crippen LogP contribution is -1.95. The Morgan fingerprint density at radius 2 is 2.31 bits per heavy atom. The van der Waals surface area contributed by atoms with E-state index in [1.54, 1.807) is 6.07 Å². The van der Waals surface area contributed by atoms with E-state index in [1.165, 1.54) is 26.0 Å². The minimum Gasteiger partial charge on any atom is -0.481 e. The number of hydrogen-bond acceptors (Lipinski definition) is 4. The molecule has 2 rings (SSSR count). The van der Waals surface area contributed by atoms with Crippen LogP contribution in [0.1, 0.15) is 30.0 Å². The Balaban J connectivity index is 2.27. The Hall–Kier alpha value is -1.91. The smallest absolute Gasteiger partial charge is 0.235 e. The molecule has 0 bridgehead atoms. The molecule has 0 unspecified atom stereocenters. The van der Waals surface area contributed by atoms with Gasteiger partial charge in [-0.25, -0.2) is 4.98 Å². The summed E-state index contributed by atoms with van der Waals surface area (Å²) in [4.78, 5) is 14.0. The van der Waals surface area contributed by atoms with Crippen LogP contribution in [0.3, 0.4) is 0 Å². The molecule has 0 aliphatic heterocycles. The van der Waals surface area contributed by atoms with Gasteiger partial charge in [0.15, 0.2) is 0 Å². The average molecular weight is 220 g/mol. The van der Waals surface area contributed by atoms with Gasteiger partial charge < -0.3 is 4.74 Å². The highest BCUT2D eigenvalue weighted by molar-refractivity contribution is 5.54. The van der Waals surface area contributed by atoms with Gasteiger partial charge in [0.05, 0.1) is 12.0 Å². The van der Waals surface area contributed by atoms with E-state index in [0.29, 0.717) is 17.4 Å². The highest BCUT2D eigenvalue weighted by Gasteiger charge is 2.25. The summed E-state index contributed by atoms with van der Waals surface area (Å²) >= 11 is 0. The number of hydrogen-bond donors (Lipinski definition) is 0. The van der Waals surface area contributed by atoms with Crippen LogP contribution in [0.4, 0.5) is 0 Å². The molecule has 1 saturated carbocycles. The summed E-state index contributed by atoms with van der Waals surface area (Å²) in [5.41, 5.74) is 1.64. The Morgan fingerprint density at radius 1 is 1.56 bits per heavy atom. The maximum absolute atomic E-state index is 10.2. The van der Waals surface area contributed by atoms with E-state index in [0.717, 1.165) is 11.9 Å². The van der Waals surface area contributed by atoms with Crippen LogP contribution in [0.25, 0.3) is 6.08 Å². The first kappa shape index (κ1) is 10.6. The van der Waals surface area contributed by atoms with Crippen molar-refractivity contribution in [1.82, 2.24) is 4.98 Å². The molecule has 1 heterocycles. The van der Waals surface area contributed by atoms with Crippen LogP contribution in [0.5, 0.6) is 5.88 Å². The van der Waals surface area contributed by atoms with Gasteiger partial charge >= 0.3 is 0 Å². The van der Waals surface area contributed by atoms with Crippen molar-refractivity contribution in [2.75, 3.05) is 7.11 Å². The van der Waals surface area contributed by atoms with Gasteiger partial charge in [-0.05, 0) is 25.0 Å². The second-order valence-corrected chi connectivity index (χ2v) is 3.71. The van der Waals surface area contributed by atoms with Gasteiger partial charge in [0.1, 0.15) is 0 Å². The third-order valence-electron chi connectivity index (χ3n) is 2.48. The Kier molecular flexibility index (Phi) is 2.85. The van der Waals surface area contributed by atoms with E-state index in [1.807, 2.05) is 6.07 Å². The van der Waals surface area contributed by atoms with Crippen molar-refractivity contribution in [2.24, 2.45) is 0 Å². The topological polar surface area (TPSA) is 65.3 Å².